The number of carbonyl (C=O) groups excluding carboxylic acids is 1. The van der Waals surface area contributed by atoms with Gasteiger partial charge in [0.2, 0.25) is 0 Å². The van der Waals surface area contributed by atoms with Crippen LogP contribution in [0.25, 0.3) is 0 Å². The van der Waals surface area contributed by atoms with Crippen molar-refractivity contribution >= 4 is 56.5 Å². The summed E-state index contributed by atoms with van der Waals surface area (Å²) in [5, 5.41) is 15.9. The first-order valence-electron chi connectivity index (χ1n) is 7.49. The van der Waals surface area contributed by atoms with Gasteiger partial charge in [-0.25, -0.2) is 0 Å². The Balaban J connectivity index is 2.16. The van der Waals surface area contributed by atoms with Gasteiger partial charge < -0.3 is 10.4 Å². The second-order valence-electron chi connectivity index (χ2n) is 6.52. The summed E-state index contributed by atoms with van der Waals surface area (Å²) in [6.07, 6.45) is 0. The molecule has 132 valence electrons. The number of hydrogen-bond acceptors (Lipinski definition) is 3. The molecule has 0 saturated heterocycles. The zero-order valence-electron chi connectivity index (χ0n) is 14.0. The third-order valence-electron chi connectivity index (χ3n) is 3.51. The number of rotatable bonds is 2. The lowest BCUT2D eigenvalue weighted by atomic mass is 9.87. The summed E-state index contributed by atoms with van der Waals surface area (Å²) >= 11 is 14.6. The van der Waals surface area contributed by atoms with Crippen molar-refractivity contribution in [2.75, 3.05) is 5.32 Å². The molecule has 2 rings (SSSR count). The smallest absolute Gasteiger partial charge is 0.257 e. The number of aromatic hydroxyl groups is 1. The molecule has 0 unspecified atom stereocenters. The van der Waals surface area contributed by atoms with Gasteiger partial charge in [0.25, 0.3) is 5.91 Å². The molecule has 0 aromatic heterocycles. The first kappa shape index (κ1) is 19.7. The molecule has 0 aliphatic carbocycles. The van der Waals surface area contributed by atoms with Gasteiger partial charge in [0, 0.05) is 10.0 Å². The van der Waals surface area contributed by atoms with Crippen LogP contribution >= 0.6 is 39.7 Å². The lowest BCUT2D eigenvalue weighted by Crippen LogP contribution is -2.34. The highest BCUT2D eigenvalue weighted by molar-refractivity contribution is 9.10. The highest BCUT2D eigenvalue weighted by Gasteiger charge is 2.19. The Bertz CT molecular complexity index is 817. The zero-order chi connectivity index (χ0) is 18.8. The van der Waals surface area contributed by atoms with E-state index in [1.54, 1.807) is 36.4 Å². The minimum Gasteiger partial charge on any atom is -0.504 e. The number of nitrogens with one attached hydrogen (secondary N) is 2. The van der Waals surface area contributed by atoms with Crippen molar-refractivity contribution in [3.63, 3.8) is 0 Å². The van der Waals surface area contributed by atoms with Crippen LogP contribution < -0.4 is 10.6 Å². The maximum absolute atomic E-state index is 12.2. The average molecular weight is 442 g/mol. The van der Waals surface area contributed by atoms with Gasteiger partial charge in [0.15, 0.2) is 10.9 Å². The van der Waals surface area contributed by atoms with E-state index in [4.69, 9.17) is 23.8 Å². The molecule has 0 bridgehead atoms. The summed E-state index contributed by atoms with van der Waals surface area (Å²) in [5.41, 5.74) is 1.59. The van der Waals surface area contributed by atoms with E-state index in [0.29, 0.717) is 11.3 Å². The maximum Gasteiger partial charge on any atom is 0.257 e. The van der Waals surface area contributed by atoms with E-state index >= 15 is 0 Å². The summed E-state index contributed by atoms with van der Waals surface area (Å²) in [7, 11) is 0. The third-order valence-corrected chi connectivity index (χ3v) is 4.53. The molecular weight excluding hydrogens is 424 g/mol. The molecule has 0 fully saturated rings. The Labute approximate surface area is 165 Å². The van der Waals surface area contributed by atoms with Crippen LogP contribution in [0, 0.1) is 0 Å². The van der Waals surface area contributed by atoms with Crippen molar-refractivity contribution in [1.29, 1.82) is 0 Å². The van der Waals surface area contributed by atoms with Gasteiger partial charge in [-0.3, -0.25) is 10.1 Å². The number of anilines is 1. The average Bonchev–Trinajstić information content (AvgIpc) is 2.51. The first-order valence-corrected chi connectivity index (χ1v) is 9.07. The normalized spacial score (nSPS) is 11.1. The minimum absolute atomic E-state index is 0.0744. The largest absolute Gasteiger partial charge is 0.504 e. The lowest BCUT2D eigenvalue weighted by molar-refractivity contribution is 0.0977. The third kappa shape index (κ3) is 5.17. The number of phenols is 1. The fraction of sp³-hybridized carbons (Fsp3) is 0.222. The number of carbonyl (C=O) groups is 1. The maximum atomic E-state index is 12.2. The predicted octanol–water partition coefficient (Wildman–Crippen LogP) is 5.23. The van der Waals surface area contributed by atoms with Crippen LogP contribution in [-0.4, -0.2) is 16.1 Å². The molecule has 1 amide bonds. The van der Waals surface area contributed by atoms with Crippen molar-refractivity contribution in [2.24, 2.45) is 0 Å². The van der Waals surface area contributed by atoms with E-state index in [1.807, 2.05) is 20.8 Å². The zero-order valence-corrected chi connectivity index (χ0v) is 17.1. The molecule has 0 spiro atoms. The van der Waals surface area contributed by atoms with Crippen LogP contribution in [0.4, 0.5) is 5.69 Å². The SMILES string of the molecule is CC(C)(C)c1cc(Cl)c(O)c(NC(=S)NC(=O)c2ccc(Br)cc2)c1. The fourth-order valence-corrected chi connectivity index (χ4v) is 2.74. The number of halogens is 2. The van der Waals surface area contributed by atoms with Crippen molar-refractivity contribution in [3.8, 4) is 5.75 Å². The van der Waals surface area contributed by atoms with Gasteiger partial charge in [-0.15, -0.1) is 0 Å². The van der Waals surface area contributed by atoms with E-state index in [2.05, 4.69) is 26.6 Å². The molecule has 0 radical (unpaired) electrons. The summed E-state index contributed by atoms with van der Waals surface area (Å²) in [4.78, 5) is 12.2. The molecule has 3 N–H and O–H groups in total. The molecular formula is C18H18BrClN2O2S. The number of phenolic OH excluding ortho intramolecular Hbond substituents is 1. The Morgan fingerprint density at radius 1 is 1.20 bits per heavy atom. The molecule has 0 heterocycles. The first-order chi connectivity index (χ1) is 11.6. The number of amides is 1. The number of thiocarbonyl (C=S) groups is 1. The second kappa shape index (κ2) is 7.72. The van der Waals surface area contributed by atoms with E-state index in [0.717, 1.165) is 10.0 Å². The monoisotopic (exact) mass is 440 g/mol. The Morgan fingerprint density at radius 3 is 2.36 bits per heavy atom. The topological polar surface area (TPSA) is 61.4 Å². The minimum atomic E-state index is -0.345. The molecule has 4 nitrogen and oxygen atoms in total. The highest BCUT2D eigenvalue weighted by Crippen LogP contribution is 2.37. The molecule has 2 aromatic rings. The molecule has 2 aromatic carbocycles. The predicted molar refractivity (Wildman–Crippen MR) is 110 cm³/mol. The van der Waals surface area contributed by atoms with E-state index < -0.39 is 0 Å². The number of hydrogen-bond donors (Lipinski definition) is 3. The van der Waals surface area contributed by atoms with Crippen LogP contribution in [0.15, 0.2) is 40.9 Å². The number of benzene rings is 2. The molecule has 25 heavy (non-hydrogen) atoms. The fourth-order valence-electron chi connectivity index (χ4n) is 2.06. The lowest BCUT2D eigenvalue weighted by Gasteiger charge is -2.21. The van der Waals surface area contributed by atoms with Crippen molar-refractivity contribution in [1.82, 2.24) is 5.32 Å². The van der Waals surface area contributed by atoms with Gasteiger partial charge >= 0.3 is 0 Å². The van der Waals surface area contributed by atoms with Crippen molar-refractivity contribution in [3.05, 3.63) is 57.0 Å². The molecule has 0 aliphatic heterocycles. The van der Waals surface area contributed by atoms with Crippen LogP contribution in [0.1, 0.15) is 36.7 Å². The Morgan fingerprint density at radius 2 is 1.80 bits per heavy atom. The molecule has 7 heteroatoms. The van der Waals surface area contributed by atoms with Gasteiger partial charge in [0.1, 0.15) is 0 Å². The summed E-state index contributed by atoms with van der Waals surface area (Å²) in [6, 6.07) is 10.4. The standard InChI is InChI=1S/C18H18BrClN2O2S/c1-18(2,3)11-8-13(20)15(23)14(9-11)21-17(25)22-16(24)10-4-6-12(19)7-5-10/h4-9,23H,1-3H3,(H2,21,22,24,25). The Hall–Kier alpha value is -1.63. The summed E-state index contributed by atoms with van der Waals surface area (Å²) in [5.74, 6) is -0.461. The van der Waals surface area contributed by atoms with E-state index in [1.165, 1.54) is 0 Å². The quantitative estimate of drug-likeness (QED) is 0.441. The van der Waals surface area contributed by atoms with Gasteiger partial charge in [-0.05, 0) is 59.6 Å². The van der Waals surface area contributed by atoms with Crippen LogP contribution in [0.3, 0.4) is 0 Å². The van der Waals surface area contributed by atoms with Crippen molar-refractivity contribution < 1.29 is 9.90 Å². The summed E-state index contributed by atoms with van der Waals surface area (Å²) < 4.78 is 0.878. The van der Waals surface area contributed by atoms with Crippen LogP contribution in [0.5, 0.6) is 5.75 Å². The molecule has 0 saturated carbocycles. The van der Waals surface area contributed by atoms with E-state index in [9.17, 15) is 9.90 Å². The van der Waals surface area contributed by atoms with Gasteiger partial charge in [0.05, 0.1) is 10.7 Å². The van der Waals surface area contributed by atoms with Crippen LogP contribution in [0.2, 0.25) is 5.02 Å². The van der Waals surface area contributed by atoms with Gasteiger partial charge in [-0.2, -0.15) is 0 Å². The molecule has 0 atom stereocenters. The van der Waals surface area contributed by atoms with Crippen LogP contribution in [-0.2, 0) is 5.41 Å². The summed E-state index contributed by atoms with van der Waals surface area (Å²) in [6.45, 7) is 6.10. The van der Waals surface area contributed by atoms with Gasteiger partial charge in [-0.1, -0.05) is 48.3 Å². The van der Waals surface area contributed by atoms with Crippen molar-refractivity contribution in [2.45, 2.75) is 26.2 Å². The molecule has 0 aliphatic rings. The second-order valence-corrected chi connectivity index (χ2v) is 8.25. The Kier molecular flexibility index (Phi) is 6.08. The van der Waals surface area contributed by atoms with E-state index in [-0.39, 0.29) is 27.2 Å². The highest BCUT2D eigenvalue weighted by atomic mass is 79.9.